The number of amides is 1. The van der Waals surface area contributed by atoms with E-state index in [2.05, 4.69) is 5.32 Å². The number of rotatable bonds is 5. The Hall–Kier alpha value is -3.81. The van der Waals surface area contributed by atoms with E-state index in [0.29, 0.717) is 5.56 Å². The van der Waals surface area contributed by atoms with Gasteiger partial charge in [-0.15, -0.1) is 0 Å². The van der Waals surface area contributed by atoms with Gasteiger partial charge in [0.05, 0.1) is 17.2 Å². The van der Waals surface area contributed by atoms with Crippen LogP contribution in [-0.4, -0.2) is 15.4 Å². The minimum absolute atomic E-state index is 0.0315. The molecule has 1 aromatic heterocycles. The number of nitrogens with zero attached hydrogens (tertiary/aromatic N) is 2. The standard InChI is InChI=1S/C19H14FN3O4/c20-16-8-1-2-9-17(16)21-18(24)15-7-4-10-22(19(15)25)12-13-5-3-6-14(11-13)23(26)27/h1-11H,12H2,(H,21,24). The van der Waals surface area contributed by atoms with Crippen molar-refractivity contribution in [1.82, 2.24) is 4.57 Å². The van der Waals surface area contributed by atoms with Crippen LogP contribution in [-0.2, 0) is 6.54 Å². The van der Waals surface area contributed by atoms with E-state index in [1.807, 2.05) is 0 Å². The van der Waals surface area contributed by atoms with E-state index < -0.39 is 22.2 Å². The molecular weight excluding hydrogens is 353 g/mol. The maximum absolute atomic E-state index is 13.7. The number of halogens is 1. The second-order valence-electron chi connectivity index (χ2n) is 5.72. The minimum Gasteiger partial charge on any atom is -0.319 e. The molecule has 0 fully saturated rings. The third kappa shape index (κ3) is 4.06. The summed E-state index contributed by atoms with van der Waals surface area (Å²) in [4.78, 5) is 35.3. The van der Waals surface area contributed by atoms with Crippen molar-refractivity contribution in [2.75, 3.05) is 5.32 Å². The van der Waals surface area contributed by atoms with E-state index in [4.69, 9.17) is 0 Å². The first-order valence-electron chi connectivity index (χ1n) is 7.94. The molecule has 0 radical (unpaired) electrons. The van der Waals surface area contributed by atoms with Crippen molar-refractivity contribution in [3.05, 3.63) is 104 Å². The lowest BCUT2D eigenvalue weighted by Crippen LogP contribution is -2.29. The first-order chi connectivity index (χ1) is 13.0. The van der Waals surface area contributed by atoms with Gasteiger partial charge in [-0.2, -0.15) is 0 Å². The fraction of sp³-hybridized carbons (Fsp3) is 0.0526. The zero-order chi connectivity index (χ0) is 19.4. The van der Waals surface area contributed by atoms with E-state index in [1.165, 1.54) is 59.3 Å². The molecule has 0 bridgehead atoms. The molecular formula is C19H14FN3O4. The van der Waals surface area contributed by atoms with Crippen molar-refractivity contribution in [2.24, 2.45) is 0 Å². The fourth-order valence-electron chi connectivity index (χ4n) is 2.55. The van der Waals surface area contributed by atoms with Gasteiger partial charge in [0.15, 0.2) is 0 Å². The number of para-hydroxylation sites is 1. The van der Waals surface area contributed by atoms with E-state index in [-0.39, 0.29) is 23.5 Å². The van der Waals surface area contributed by atoms with Gasteiger partial charge in [0, 0.05) is 18.3 Å². The summed E-state index contributed by atoms with van der Waals surface area (Å²) in [5.41, 5.74) is -0.327. The largest absolute Gasteiger partial charge is 0.319 e. The Kier molecular flexibility index (Phi) is 5.07. The number of nitro groups is 1. The second kappa shape index (κ2) is 7.61. The normalized spacial score (nSPS) is 10.4. The molecule has 7 nitrogen and oxygen atoms in total. The minimum atomic E-state index is -0.738. The fourth-order valence-corrected chi connectivity index (χ4v) is 2.55. The molecule has 0 aliphatic rings. The number of carbonyl (C=O) groups is 1. The topological polar surface area (TPSA) is 94.2 Å². The Morgan fingerprint density at radius 2 is 1.89 bits per heavy atom. The summed E-state index contributed by atoms with van der Waals surface area (Å²) >= 11 is 0. The molecule has 2 aromatic carbocycles. The lowest BCUT2D eigenvalue weighted by molar-refractivity contribution is -0.384. The zero-order valence-corrected chi connectivity index (χ0v) is 14.0. The van der Waals surface area contributed by atoms with Crippen LogP contribution in [0.2, 0.25) is 0 Å². The molecule has 0 aliphatic carbocycles. The molecule has 0 spiro atoms. The molecule has 136 valence electrons. The highest BCUT2D eigenvalue weighted by Crippen LogP contribution is 2.15. The molecule has 0 saturated carbocycles. The van der Waals surface area contributed by atoms with Gasteiger partial charge >= 0.3 is 0 Å². The third-order valence-corrected chi connectivity index (χ3v) is 3.86. The number of pyridine rings is 1. The van der Waals surface area contributed by atoms with Gasteiger partial charge in [0.2, 0.25) is 0 Å². The number of hydrogen-bond acceptors (Lipinski definition) is 4. The first-order valence-corrected chi connectivity index (χ1v) is 7.94. The van der Waals surface area contributed by atoms with Crippen molar-refractivity contribution in [1.29, 1.82) is 0 Å². The van der Waals surface area contributed by atoms with Gasteiger partial charge in [-0.05, 0) is 29.8 Å². The van der Waals surface area contributed by atoms with Crippen LogP contribution in [0.1, 0.15) is 15.9 Å². The number of benzene rings is 2. The van der Waals surface area contributed by atoms with E-state index in [1.54, 1.807) is 12.1 Å². The van der Waals surface area contributed by atoms with Crippen LogP contribution in [0.15, 0.2) is 71.7 Å². The van der Waals surface area contributed by atoms with Gasteiger partial charge in [-0.1, -0.05) is 24.3 Å². The summed E-state index contributed by atoms with van der Waals surface area (Å²) in [5.74, 6) is -1.35. The summed E-state index contributed by atoms with van der Waals surface area (Å²) in [6.45, 7) is 0.0569. The smallest absolute Gasteiger partial charge is 0.269 e. The molecule has 8 heteroatoms. The Labute approximate surface area is 152 Å². The van der Waals surface area contributed by atoms with Crippen molar-refractivity contribution < 1.29 is 14.1 Å². The first kappa shape index (κ1) is 18.0. The SMILES string of the molecule is O=C(Nc1ccccc1F)c1cccn(Cc2cccc([N+](=O)[O-])c2)c1=O. The Balaban J connectivity index is 1.87. The molecule has 0 aliphatic heterocycles. The molecule has 0 atom stereocenters. The zero-order valence-electron chi connectivity index (χ0n) is 14.0. The molecule has 1 heterocycles. The van der Waals surface area contributed by atoms with Crippen molar-refractivity contribution in [3.63, 3.8) is 0 Å². The lowest BCUT2D eigenvalue weighted by atomic mass is 10.2. The van der Waals surface area contributed by atoms with Crippen molar-refractivity contribution in [3.8, 4) is 0 Å². The number of aromatic nitrogens is 1. The summed E-state index contributed by atoms with van der Waals surface area (Å²) in [5, 5.41) is 13.2. The maximum Gasteiger partial charge on any atom is 0.269 e. The third-order valence-electron chi connectivity index (χ3n) is 3.86. The van der Waals surface area contributed by atoms with Gasteiger partial charge in [0.1, 0.15) is 11.4 Å². The van der Waals surface area contributed by atoms with E-state index in [9.17, 15) is 24.1 Å². The maximum atomic E-state index is 13.7. The average molecular weight is 367 g/mol. The van der Waals surface area contributed by atoms with Crippen molar-refractivity contribution in [2.45, 2.75) is 6.54 Å². The number of nitrogens with one attached hydrogen (secondary N) is 1. The summed E-state index contributed by atoms with van der Waals surface area (Å²) in [7, 11) is 0. The van der Waals surface area contributed by atoms with Crippen LogP contribution >= 0.6 is 0 Å². The molecule has 3 rings (SSSR count). The Morgan fingerprint density at radius 3 is 2.63 bits per heavy atom. The number of non-ortho nitro benzene ring substituents is 1. The van der Waals surface area contributed by atoms with Gasteiger partial charge in [0.25, 0.3) is 17.2 Å². The van der Waals surface area contributed by atoms with Crippen LogP contribution in [0.3, 0.4) is 0 Å². The van der Waals surface area contributed by atoms with Crippen LogP contribution in [0.5, 0.6) is 0 Å². The van der Waals surface area contributed by atoms with Crippen LogP contribution < -0.4 is 10.9 Å². The van der Waals surface area contributed by atoms with Crippen LogP contribution in [0.25, 0.3) is 0 Å². The monoisotopic (exact) mass is 367 g/mol. The number of hydrogen-bond donors (Lipinski definition) is 1. The summed E-state index contributed by atoms with van der Waals surface area (Å²) < 4.78 is 14.9. The van der Waals surface area contributed by atoms with Gasteiger partial charge in [-0.25, -0.2) is 4.39 Å². The predicted molar refractivity (Wildman–Crippen MR) is 97.3 cm³/mol. The van der Waals surface area contributed by atoms with Crippen molar-refractivity contribution >= 4 is 17.3 Å². The van der Waals surface area contributed by atoms with Crippen LogP contribution in [0, 0.1) is 15.9 Å². The highest BCUT2D eigenvalue weighted by Gasteiger charge is 2.14. The highest BCUT2D eigenvalue weighted by molar-refractivity contribution is 6.04. The number of carbonyl (C=O) groups excluding carboxylic acids is 1. The second-order valence-corrected chi connectivity index (χ2v) is 5.72. The van der Waals surface area contributed by atoms with E-state index >= 15 is 0 Å². The average Bonchev–Trinajstić information content (AvgIpc) is 2.65. The lowest BCUT2D eigenvalue weighted by Gasteiger charge is -2.09. The molecule has 27 heavy (non-hydrogen) atoms. The van der Waals surface area contributed by atoms with E-state index in [0.717, 1.165) is 0 Å². The number of anilines is 1. The highest BCUT2D eigenvalue weighted by atomic mass is 19.1. The van der Waals surface area contributed by atoms with Crippen LogP contribution in [0.4, 0.5) is 15.8 Å². The van der Waals surface area contributed by atoms with Gasteiger partial charge in [-0.3, -0.25) is 19.7 Å². The molecule has 0 unspecified atom stereocenters. The molecule has 1 amide bonds. The molecule has 3 aromatic rings. The van der Waals surface area contributed by atoms with Gasteiger partial charge < -0.3 is 9.88 Å². The number of nitro benzene ring substituents is 1. The summed E-state index contributed by atoms with van der Waals surface area (Å²) in [6.07, 6.45) is 1.47. The quantitative estimate of drug-likeness (QED) is 0.553. The Morgan fingerprint density at radius 1 is 1.11 bits per heavy atom. The Bertz CT molecular complexity index is 1080. The molecule has 1 N–H and O–H groups in total. The predicted octanol–water partition coefficient (Wildman–Crippen LogP) is 3.20. The molecule has 0 saturated heterocycles. The summed E-state index contributed by atoms with van der Waals surface area (Å²) in [6, 6.07) is 14.3.